The third-order valence-electron chi connectivity index (χ3n) is 3.04. The first kappa shape index (κ1) is 14.0. The third-order valence-corrected chi connectivity index (χ3v) is 4.65. The highest BCUT2D eigenvalue weighted by molar-refractivity contribution is 9.10. The molecule has 21 heavy (non-hydrogen) atoms. The van der Waals surface area contributed by atoms with Gasteiger partial charge in [-0.1, -0.05) is 15.9 Å². The lowest BCUT2D eigenvalue weighted by atomic mass is 10.2. The SMILES string of the molecule is Cc1cc(Br)cc(NC(=O)c2sc3cnccc3c2N)c1. The second kappa shape index (κ2) is 5.46. The Labute approximate surface area is 134 Å². The van der Waals surface area contributed by atoms with Crippen LogP contribution < -0.4 is 11.1 Å². The topological polar surface area (TPSA) is 68.0 Å². The highest BCUT2D eigenvalue weighted by Crippen LogP contribution is 2.33. The number of nitrogens with zero attached hydrogens (tertiary/aromatic N) is 1. The van der Waals surface area contributed by atoms with Crippen molar-refractivity contribution in [3.05, 3.63) is 51.6 Å². The molecule has 1 amide bonds. The fourth-order valence-electron chi connectivity index (χ4n) is 2.14. The number of amides is 1. The van der Waals surface area contributed by atoms with Crippen molar-refractivity contribution >= 4 is 54.6 Å². The maximum Gasteiger partial charge on any atom is 0.267 e. The van der Waals surface area contributed by atoms with Gasteiger partial charge in [0.2, 0.25) is 0 Å². The Bertz CT molecular complexity index is 824. The van der Waals surface area contributed by atoms with Gasteiger partial charge in [0.25, 0.3) is 5.91 Å². The number of carbonyl (C=O) groups is 1. The molecule has 0 spiro atoms. The number of nitrogens with one attached hydrogen (secondary N) is 1. The number of pyridine rings is 1. The molecule has 0 saturated carbocycles. The number of halogens is 1. The summed E-state index contributed by atoms with van der Waals surface area (Å²) in [5.41, 5.74) is 8.37. The molecule has 3 aromatic rings. The number of aromatic nitrogens is 1. The van der Waals surface area contributed by atoms with Crippen LogP contribution in [-0.2, 0) is 0 Å². The number of benzene rings is 1. The maximum atomic E-state index is 12.4. The smallest absolute Gasteiger partial charge is 0.267 e. The van der Waals surface area contributed by atoms with Crippen molar-refractivity contribution in [3.63, 3.8) is 0 Å². The fourth-order valence-corrected chi connectivity index (χ4v) is 3.73. The maximum absolute atomic E-state index is 12.4. The summed E-state index contributed by atoms with van der Waals surface area (Å²) in [6.07, 6.45) is 3.39. The first-order chi connectivity index (χ1) is 10.0. The van der Waals surface area contributed by atoms with Crippen LogP contribution in [0, 0.1) is 6.92 Å². The summed E-state index contributed by atoms with van der Waals surface area (Å²) in [7, 11) is 0. The molecule has 0 saturated heterocycles. The average molecular weight is 362 g/mol. The van der Waals surface area contributed by atoms with Crippen molar-refractivity contribution < 1.29 is 4.79 Å². The lowest BCUT2D eigenvalue weighted by molar-refractivity contribution is 0.103. The fraction of sp³-hybridized carbons (Fsp3) is 0.0667. The third kappa shape index (κ3) is 2.77. The van der Waals surface area contributed by atoms with E-state index in [2.05, 4.69) is 26.2 Å². The Morgan fingerprint density at radius 3 is 2.90 bits per heavy atom. The van der Waals surface area contributed by atoms with Gasteiger partial charge in [-0.25, -0.2) is 0 Å². The Morgan fingerprint density at radius 1 is 1.38 bits per heavy atom. The first-order valence-corrected chi connectivity index (χ1v) is 7.86. The number of rotatable bonds is 2. The Morgan fingerprint density at radius 2 is 2.19 bits per heavy atom. The second-order valence-electron chi connectivity index (χ2n) is 4.69. The number of hydrogen-bond donors (Lipinski definition) is 2. The van der Waals surface area contributed by atoms with Crippen LogP contribution in [0.3, 0.4) is 0 Å². The monoisotopic (exact) mass is 361 g/mol. The van der Waals surface area contributed by atoms with E-state index in [1.165, 1.54) is 11.3 Å². The van der Waals surface area contributed by atoms with Crippen LogP contribution in [0.25, 0.3) is 10.1 Å². The average Bonchev–Trinajstić information content (AvgIpc) is 2.76. The van der Waals surface area contributed by atoms with Crippen LogP contribution in [0.4, 0.5) is 11.4 Å². The number of fused-ring (bicyclic) bond motifs is 1. The van der Waals surface area contributed by atoms with Gasteiger partial charge in [-0.05, 0) is 36.8 Å². The number of aryl methyl sites for hydroxylation is 1. The normalized spacial score (nSPS) is 10.8. The van der Waals surface area contributed by atoms with Crippen LogP contribution in [-0.4, -0.2) is 10.9 Å². The molecule has 0 fully saturated rings. The minimum Gasteiger partial charge on any atom is -0.397 e. The van der Waals surface area contributed by atoms with Gasteiger partial charge in [0, 0.05) is 27.9 Å². The van der Waals surface area contributed by atoms with Gasteiger partial charge in [0.05, 0.1) is 10.4 Å². The summed E-state index contributed by atoms with van der Waals surface area (Å²) in [5, 5.41) is 3.75. The van der Waals surface area contributed by atoms with Crippen LogP contribution in [0.1, 0.15) is 15.2 Å². The van der Waals surface area contributed by atoms with E-state index in [1.54, 1.807) is 12.4 Å². The molecule has 6 heteroatoms. The largest absolute Gasteiger partial charge is 0.397 e. The minimum absolute atomic E-state index is 0.203. The van der Waals surface area contributed by atoms with Gasteiger partial charge in [-0.3, -0.25) is 9.78 Å². The van der Waals surface area contributed by atoms with Crippen molar-refractivity contribution in [3.8, 4) is 0 Å². The zero-order valence-electron chi connectivity index (χ0n) is 11.2. The molecule has 3 N–H and O–H groups in total. The summed E-state index contributed by atoms with van der Waals surface area (Å²) < 4.78 is 1.83. The molecule has 0 atom stereocenters. The van der Waals surface area contributed by atoms with Crippen LogP contribution >= 0.6 is 27.3 Å². The van der Waals surface area contributed by atoms with E-state index in [0.717, 1.165) is 25.8 Å². The van der Waals surface area contributed by atoms with Gasteiger partial charge in [-0.2, -0.15) is 0 Å². The van der Waals surface area contributed by atoms with E-state index in [9.17, 15) is 4.79 Å². The molecule has 0 bridgehead atoms. The minimum atomic E-state index is -0.203. The molecule has 0 aliphatic rings. The zero-order valence-corrected chi connectivity index (χ0v) is 13.6. The lowest BCUT2D eigenvalue weighted by Crippen LogP contribution is -2.12. The molecule has 2 aromatic heterocycles. The quantitative estimate of drug-likeness (QED) is 0.718. The predicted molar refractivity (Wildman–Crippen MR) is 90.9 cm³/mol. The van der Waals surface area contributed by atoms with Crippen LogP contribution in [0.5, 0.6) is 0 Å². The molecule has 0 aliphatic carbocycles. The Balaban J connectivity index is 1.95. The summed E-state index contributed by atoms with van der Waals surface area (Å²) in [6, 6.07) is 7.57. The molecule has 2 heterocycles. The molecule has 0 radical (unpaired) electrons. The summed E-state index contributed by atoms with van der Waals surface area (Å²) in [5.74, 6) is -0.203. The highest BCUT2D eigenvalue weighted by Gasteiger charge is 2.16. The molecular weight excluding hydrogens is 350 g/mol. The number of nitrogens with two attached hydrogens (primary N) is 1. The van der Waals surface area contributed by atoms with E-state index in [4.69, 9.17) is 5.73 Å². The lowest BCUT2D eigenvalue weighted by Gasteiger charge is -2.06. The van der Waals surface area contributed by atoms with Gasteiger partial charge < -0.3 is 11.1 Å². The van der Waals surface area contributed by atoms with Crippen LogP contribution in [0.2, 0.25) is 0 Å². The van der Waals surface area contributed by atoms with E-state index in [-0.39, 0.29) is 5.91 Å². The first-order valence-electron chi connectivity index (χ1n) is 6.25. The Hall–Kier alpha value is -1.92. The van der Waals surface area contributed by atoms with Crippen molar-refractivity contribution in [1.82, 2.24) is 4.98 Å². The Kier molecular flexibility index (Phi) is 3.65. The van der Waals surface area contributed by atoms with E-state index >= 15 is 0 Å². The van der Waals surface area contributed by atoms with E-state index in [1.807, 2.05) is 31.2 Å². The van der Waals surface area contributed by atoms with Crippen LogP contribution in [0.15, 0.2) is 41.1 Å². The number of carbonyl (C=O) groups excluding carboxylic acids is 1. The van der Waals surface area contributed by atoms with Crippen molar-refractivity contribution in [1.29, 1.82) is 0 Å². The van der Waals surface area contributed by atoms with Crippen molar-refractivity contribution in [2.45, 2.75) is 6.92 Å². The van der Waals surface area contributed by atoms with E-state index in [0.29, 0.717) is 10.6 Å². The molecule has 1 aromatic carbocycles. The van der Waals surface area contributed by atoms with Gasteiger partial charge in [0.1, 0.15) is 4.88 Å². The molecule has 0 aliphatic heterocycles. The second-order valence-corrected chi connectivity index (χ2v) is 6.66. The summed E-state index contributed by atoms with van der Waals surface area (Å²) >= 11 is 4.77. The highest BCUT2D eigenvalue weighted by atomic mass is 79.9. The summed E-state index contributed by atoms with van der Waals surface area (Å²) in [4.78, 5) is 17.0. The van der Waals surface area contributed by atoms with Gasteiger partial charge in [-0.15, -0.1) is 11.3 Å². The van der Waals surface area contributed by atoms with Crippen molar-refractivity contribution in [2.75, 3.05) is 11.1 Å². The van der Waals surface area contributed by atoms with Crippen molar-refractivity contribution in [2.24, 2.45) is 0 Å². The molecule has 106 valence electrons. The standard InChI is InChI=1S/C15H12BrN3OS/c1-8-4-9(16)6-10(5-8)19-15(20)14-13(17)11-2-3-18-7-12(11)21-14/h2-7H,17H2,1H3,(H,19,20). The van der Waals surface area contributed by atoms with E-state index < -0.39 is 0 Å². The van der Waals surface area contributed by atoms with Gasteiger partial charge in [0.15, 0.2) is 0 Å². The number of anilines is 2. The molecule has 0 unspecified atom stereocenters. The number of hydrogen-bond acceptors (Lipinski definition) is 4. The number of nitrogen functional groups attached to an aromatic ring is 1. The van der Waals surface area contributed by atoms with Gasteiger partial charge >= 0.3 is 0 Å². The number of thiophene rings is 1. The molecule has 4 nitrogen and oxygen atoms in total. The zero-order chi connectivity index (χ0) is 15.0. The summed E-state index contributed by atoms with van der Waals surface area (Å²) in [6.45, 7) is 1.97. The predicted octanol–water partition coefficient (Wildman–Crippen LogP) is 4.20. The molecular formula is C15H12BrN3OS. The molecule has 3 rings (SSSR count).